The van der Waals surface area contributed by atoms with Crippen LogP contribution in [0.1, 0.15) is 19.4 Å². The quantitative estimate of drug-likeness (QED) is 0.883. The fraction of sp³-hybridized carbons (Fsp3) is 0.400. The molecular formula is C15H20N2O. The van der Waals surface area contributed by atoms with Gasteiger partial charge in [-0.2, -0.15) is 0 Å². The zero-order valence-electron chi connectivity index (χ0n) is 11.1. The molecule has 2 rings (SSSR count). The standard InChI is InChI=1S/C15H20N2O/c1-11(2)14-15(18)17(3)13(16-14)10-9-12-7-5-4-6-8-12/h4-11,13-14,16H,1-3H3/b10-9+/t13-,14-/m0/s1. The van der Waals surface area contributed by atoms with Crippen molar-refractivity contribution < 1.29 is 4.79 Å². The molecule has 1 heterocycles. The Balaban J connectivity index is 2.07. The minimum absolute atomic E-state index is 0.00916. The lowest BCUT2D eigenvalue weighted by molar-refractivity contribution is -0.129. The summed E-state index contributed by atoms with van der Waals surface area (Å²) in [6, 6.07) is 10.0. The highest BCUT2D eigenvalue weighted by atomic mass is 16.2. The van der Waals surface area contributed by atoms with E-state index in [1.807, 2.05) is 49.5 Å². The van der Waals surface area contributed by atoms with E-state index in [9.17, 15) is 4.79 Å². The number of hydrogen-bond acceptors (Lipinski definition) is 2. The molecule has 2 atom stereocenters. The number of benzene rings is 1. The second-order valence-electron chi connectivity index (χ2n) is 5.05. The first kappa shape index (κ1) is 12.8. The maximum absolute atomic E-state index is 12.0. The van der Waals surface area contributed by atoms with Crippen LogP contribution in [0.15, 0.2) is 36.4 Å². The summed E-state index contributed by atoms with van der Waals surface area (Å²) in [5.74, 6) is 0.489. The molecule has 0 spiro atoms. The molecule has 0 bridgehead atoms. The summed E-state index contributed by atoms with van der Waals surface area (Å²) in [4.78, 5) is 13.8. The predicted molar refractivity (Wildman–Crippen MR) is 73.8 cm³/mol. The molecule has 1 aromatic carbocycles. The Bertz CT molecular complexity index is 439. The van der Waals surface area contributed by atoms with Crippen molar-refractivity contribution in [3.05, 3.63) is 42.0 Å². The van der Waals surface area contributed by atoms with Crippen LogP contribution in [0.2, 0.25) is 0 Å². The summed E-state index contributed by atoms with van der Waals surface area (Å²) in [5.41, 5.74) is 1.15. The second kappa shape index (κ2) is 5.36. The molecule has 1 fully saturated rings. The summed E-state index contributed by atoms with van der Waals surface area (Å²) in [5, 5.41) is 3.35. The normalized spacial score (nSPS) is 24.4. The summed E-state index contributed by atoms with van der Waals surface area (Å²) in [6.45, 7) is 4.12. The van der Waals surface area contributed by atoms with Gasteiger partial charge in [0.05, 0.1) is 6.04 Å². The molecule has 96 valence electrons. The van der Waals surface area contributed by atoms with Crippen molar-refractivity contribution in [2.24, 2.45) is 5.92 Å². The SMILES string of the molecule is CC(C)[C@@H]1N[C@H](/C=C/c2ccccc2)N(C)C1=O. The molecule has 18 heavy (non-hydrogen) atoms. The first-order valence-electron chi connectivity index (χ1n) is 6.35. The summed E-state index contributed by atoms with van der Waals surface area (Å²) in [7, 11) is 1.84. The van der Waals surface area contributed by atoms with Crippen LogP contribution >= 0.6 is 0 Å². The largest absolute Gasteiger partial charge is 0.325 e. The zero-order chi connectivity index (χ0) is 13.1. The molecule has 3 heteroatoms. The van der Waals surface area contributed by atoms with Gasteiger partial charge in [0, 0.05) is 7.05 Å². The zero-order valence-corrected chi connectivity index (χ0v) is 11.1. The van der Waals surface area contributed by atoms with E-state index in [1.54, 1.807) is 4.90 Å². The van der Waals surface area contributed by atoms with Crippen molar-refractivity contribution in [2.45, 2.75) is 26.1 Å². The van der Waals surface area contributed by atoms with E-state index in [2.05, 4.69) is 19.2 Å². The summed E-state index contributed by atoms with van der Waals surface area (Å²) >= 11 is 0. The van der Waals surface area contributed by atoms with Crippen LogP contribution in [0.5, 0.6) is 0 Å². The Hall–Kier alpha value is -1.61. The van der Waals surface area contributed by atoms with E-state index in [0.717, 1.165) is 5.56 Å². The van der Waals surface area contributed by atoms with Gasteiger partial charge in [-0.3, -0.25) is 10.1 Å². The molecule has 1 saturated heterocycles. The van der Waals surface area contributed by atoms with Crippen LogP contribution in [0.4, 0.5) is 0 Å². The topological polar surface area (TPSA) is 32.3 Å². The maximum Gasteiger partial charge on any atom is 0.241 e. The van der Waals surface area contributed by atoms with Gasteiger partial charge in [0.2, 0.25) is 5.91 Å². The predicted octanol–water partition coefficient (Wildman–Crippen LogP) is 2.11. The Labute approximate surface area is 108 Å². The Morgan fingerprint density at radius 3 is 2.50 bits per heavy atom. The Morgan fingerprint density at radius 1 is 1.28 bits per heavy atom. The number of nitrogens with one attached hydrogen (secondary N) is 1. The monoisotopic (exact) mass is 244 g/mol. The number of likely N-dealkylation sites (N-methyl/N-ethyl adjacent to an activating group) is 1. The average molecular weight is 244 g/mol. The Morgan fingerprint density at radius 2 is 1.94 bits per heavy atom. The van der Waals surface area contributed by atoms with E-state index in [1.165, 1.54) is 0 Å². The molecule has 1 N–H and O–H groups in total. The van der Waals surface area contributed by atoms with Crippen LogP contribution in [0, 0.1) is 5.92 Å². The summed E-state index contributed by atoms with van der Waals surface area (Å²) in [6.07, 6.45) is 4.07. The third-order valence-corrected chi connectivity index (χ3v) is 3.32. The molecule has 0 unspecified atom stereocenters. The Kier molecular flexibility index (Phi) is 3.82. The van der Waals surface area contributed by atoms with Gasteiger partial charge in [0.15, 0.2) is 0 Å². The van der Waals surface area contributed by atoms with Crippen LogP contribution in [0.25, 0.3) is 6.08 Å². The van der Waals surface area contributed by atoms with Gasteiger partial charge in [-0.25, -0.2) is 0 Å². The molecule has 0 radical (unpaired) electrons. The second-order valence-corrected chi connectivity index (χ2v) is 5.05. The molecule has 1 aliphatic rings. The lowest BCUT2D eigenvalue weighted by Crippen LogP contribution is -2.35. The van der Waals surface area contributed by atoms with E-state index >= 15 is 0 Å². The molecule has 0 aliphatic carbocycles. The van der Waals surface area contributed by atoms with Gasteiger partial charge < -0.3 is 4.90 Å². The number of carbonyl (C=O) groups excluding carboxylic acids is 1. The minimum atomic E-state index is -0.0691. The van der Waals surface area contributed by atoms with E-state index in [0.29, 0.717) is 5.92 Å². The average Bonchev–Trinajstić information content (AvgIpc) is 2.65. The molecule has 0 aromatic heterocycles. The fourth-order valence-corrected chi connectivity index (χ4v) is 2.15. The van der Waals surface area contributed by atoms with E-state index in [-0.39, 0.29) is 18.1 Å². The van der Waals surface area contributed by atoms with Crippen molar-refractivity contribution >= 4 is 12.0 Å². The van der Waals surface area contributed by atoms with Crippen molar-refractivity contribution in [2.75, 3.05) is 7.05 Å². The highest BCUT2D eigenvalue weighted by molar-refractivity contribution is 5.84. The molecule has 0 saturated carbocycles. The molecule has 1 aliphatic heterocycles. The smallest absolute Gasteiger partial charge is 0.241 e. The highest BCUT2D eigenvalue weighted by Gasteiger charge is 2.36. The molecule has 1 amide bonds. The molecule has 3 nitrogen and oxygen atoms in total. The van der Waals surface area contributed by atoms with E-state index in [4.69, 9.17) is 0 Å². The van der Waals surface area contributed by atoms with Gasteiger partial charge in [0.1, 0.15) is 6.17 Å². The van der Waals surface area contributed by atoms with Gasteiger partial charge in [0.25, 0.3) is 0 Å². The minimum Gasteiger partial charge on any atom is -0.325 e. The van der Waals surface area contributed by atoms with Gasteiger partial charge in [-0.05, 0) is 17.6 Å². The van der Waals surface area contributed by atoms with Crippen molar-refractivity contribution in [3.63, 3.8) is 0 Å². The summed E-state index contributed by atoms with van der Waals surface area (Å²) < 4.78 is 0. The highest BCUT2D eigenvalue weighted by Crippen LogP contribution is 2.16. The third kappa shape index (κ3) is 2.62. The number of rotatable bonds is 3. The maximum atomic E-state index is 12.0. The van der Waals surface area contributed by atoms with Crippen molar-refractivity contribution in [1.29, 1.82) is 0 Å². The van der Waals surface area contributed by atoms with Crippen LogP contribution in [0.3, 0.4) is 0 Å². The van der Waals surface area contributed by atoms with Gasteiger partial charge in [-0.1, -0.05) is 50.3 Å². The number of amides is 1. The van der Waals surface area contributed by atoms with Crippen molar-refractivity contribution in [1.82, 2.24) is 10.2 Å². The number of hydrogen-bond donors (Lipinski definition) is 1. The lowest BCUT2D eigenvalue weighted by atomic mass is 10.1. The first-order chi connectivity index (χ1) is 8.59. The van der Waals surface area contributed by atoms with Crippen molar-refractivity contribution in [3.8, 4) is 0 Å². The number of carbonyl (C=O) groups is 1. The molecule has 1 aromatic rings. The number of nitrogens with zero attached hydrogens (tertiary/aromatic N) is 1. The van der Waals surface area contributed by atoms with Crippen LogP contribution in [-0.4, -0.2) is 30.1 Å². The van der Waals surface area contributed by atoms with E-state index < -0.39 is 0 Å². The lowest BCUT2D eigenvalue weighted by Gasteiger charge is -2.14. The third-order valence-electron chi connectivity index (χ3n) is 3.32. The van der Waals surface area contributed by atoms with Crippen LogP contribution in [-0.2, 0) is 4.79 Å². The fourth-order valence-electron chi connectivity index (χ4n) is 2.15. The van der Waals surface area contributed by atoms with Gasteiger partial charge in [-0.15, -0.1) is 0 Å². The van der Waals surface area contributed by atoms with Crippen LogP contribution < -0.4 is 5.32 Å². The van der Waals surface area contributed by atoms with Gasteiger partial charge >= 0.3 is 0 Å². The molecular weight excluding hydrogens is 224 g/mol. The first-order valence-corrected chi connectivity index (χ1v) is 6.35.